The van der Waals surface area contributed by atoms with Crippen LogP contribution in [0.3, 0.4) is 0 Å². The third kappa shape index (κ3) is 2.01. The molecule has 2 rings (SSSR count). The predicted molar refractivity (Wildman–Crippen MR) is 60.5 cm³/mol. The average molecular weight is 194 g/mol. The van der Waals surface area contributed by atoms with Crippen LogP contribution in [0.5, 0.6) is 0 Å². The minimum atomic E-state index is 0.457. The van der Waals surface area contributed by atoms with Gasteiger partial charge >= 0.3 is 0 Å². The monoisotopic (exact) mass is 194 g/mol. The summed E-state index contributed by atoms with van der Waals surface area (Å²) >= 11 is 0. The average Bonchev–Trinajstić information content (AvgIpc) is 2.15. The highest BCUT2D eigenvalue weighted by Gasteiger charge is 2.36. The van der Waals surface area contributed by atoms with E-state index in [1.165, 1.54) is 57.3 Å². The van der Waals surface area contributed by atoms with E-state index in [4.69, 9.17) is 0 Å². The molecule has 1 aliphatic carbocycles. The zero-order chi connectivity index (χ0) is 10.0. The molecule has 0 bridgehead atoms. The molecular formula is C12H22N2. The van der Waals surface area contributed by atoms with Crippen molar-refractivity contribution in [3.8, 4) is 0 Å². The quantitative estimate of drug-likeness (QED) is 0.689. The lowest BCUT2D eigenvalue weighted by Gasteiger charge is -2.46. The Morgan fingerprint density at radius 2 is 2.00 bits per heavy atom. The van der Waals surface area contributed by atoms with E-state index < -0.39 is 0 Å². The molecule has 2 nitrogen and oxygen atoms in total. The van der Waals surface area contributed by atoms with E-state index in [0.29, 0.717) is 5.54 Å². The van der Waals surface area contributed by atoms with Crippen LogP contribution < -0.4 is 5.32 Å². The summed E-state index contributed by atoms with van der Waals surface area (Å²) in [5, 5.41) is 3.51. The van der Waals surface area contributed by atoms with Crippen LogP contribution in [0.25, 0.3) is 0 Å². The molecule has 2 aliphatic rings. The van der Waals surface area contributed by atoms with Crippen molar-refractivity contribution < 1.29 is 0 Å². The number of nitrogens with one attached hydrogen (secondary N) is 1. The minimum absolute atomic E-state index is 0.457. The van der Waals surface area contributed by atoms with Gasteiger partial charge in [-0.15, -0.1) is 0 Å². The lowest BCUT2D eigenvalue weighted by molar-refractivity contribution is 0.111. The van der Waals surface area contributed by atoms with Crippen LogP contribution >= 0.6 is 0 Å². The van der Waals surface area contributed by atoms with Crippen molar-refractivity contribution in [3.05, 3.63) is 12.2 Å². The van der Waals surface area contributed by atoms with Crippen molar-refractivity contribution in [2.75, 3.05) is 26.7 Å². The Hall–Kier alpha value is -0.340. The number of nitrogens with zero attached hydrogens (tertiary/aromatic N) is 1. The molecule has 1 aliphatic heterocycles. The summed E-state index contributed by atoms with van der Waals surface area (Å²) in [7, 11) is 2.11. The maximum Gasteiger partial charge on any atom is 0.0306 e. The van der Waals surface area contributed by atoms with Crippen LogP contribution in [0.2, 0.25) is 0 Å². The molecule has 0 spiro atoms. The van der Waals surface area contributed by atoms with E-state index in [-0.39, 0.29) is 0 Å². The Morgan fingerprint density at radius 1 is 1.36 bits per heavy atom. The maximum atomic E-state index is 4.06. The molecule has 0 aromatic carbocycles. The summed E-state index contributed by atoms with van der Waals surface area (Å²) in [5.74, 6) is 0. The Bertz CT molecular complexity index is 203. The topological polar surface area (TPSA) is 15.3 Å². The SMILES string of the molecule is C=C1CCN(CC2(NC)CCC2)CC1. The first kappa shape index (κ1) is 10.2. The summed E-state index contributed by atoms with van der Waals surface area (Å²) in [6.07, 6.45) is 6.54. The van der Waals surface area contributed by atoms with E-state index in [1.807, 2.05) is 0 Å². The fourth-order valence-corrected chi connectivity index (χ4v) is 2.55. The van der Waals surface area contributed by atoms with Gasteiger partial charge in [0.25, 0.3) is 0 Å². The molecule has 2 fully saturated rings. The van der Waals surface area contributed by atoms with Crippen LogP contribution in [0.4, 0.5) is 0 Å². The van der Waals surface area contributed by atoms with E-state index >= 15 is 0 Å². The highest BCUT2D eigenvalue weighted by atomic mass is 15.2. The normalized spacial score (nSPS) is 27.4. The number of hydrogen-bond donors (Lipinski definition) is 1. The van der Waals surface area contributed by atoms with Gasteiger partial charge < -0.3 is 10.2 Å². The molecule has 0 aromatic rings. The summed E-state index contributed by atoms with van der Waals surface area (Å²) in [6.45, 7) is 7.75. The first-order valence-corrected chi connectivity index (χ1v) is 5.82. The van der Waals surface area contributed by atoms with Crippen molar-refractivity contribution in [3.63, 3.8) is 0 Å². The summed E-state index contributed by atoms with van der Waals surface area (Å²) < 4.78 is 0. The molecule has 0 unspecified atom stereocenters. The molecule has 2 heteroatoms. The Kier molecular flexibility index (Phi) is 2.93. The van der Waals surface area contributed by atoms with Crippen molar-refractivity contribution in [1.29, 1.82) is 0 Å². The molecule has 0 radical (unpaired) electrons. The van der Waals surface area contributed by atoms with Crippen molar-refractivity contribution in [2.45, 2.75) is 37.6 Å². The van der Waals surface area contributed by atoms with Gasteiger partial charge in [0.1, 0.15) is 0 Å². The zero-order valence-corrected chi connectivity index (χ0v) is 9.31. The highest BCUT2D eigenvalue weighted by Crippen LogP contribution is 2.33. The number of piperidine rings is 1. The third-order valence-electron chi connectivity index (χ3n) is 3.93. The van der Waals surface area contributed by atoms with Gasteiger partial charge in [-0.1, -0.05) is 12.2 Å². The molecule has 14 heavy (non-hydrogen) atoms. The first-order chi connectivity index (χ1) is 6.74. The van der Waals surface area contributed by atoms with Crippen LogP contribution in [0.1, 0.15) is 32.1 Å². The highest BCUT2D eigenvalue weighted by molar-refractivity contribution is 5.02. The van der Waals surface area contributed by atoms with Crippen molar-refractivity contribution >= 4 is 0 Å². The maximum absolute atomic E-state index is 4.06. The number of rotatable bonds is 3. The van der Waals surface area contributed by atoms with Gasteiger partial charge in [-0.05, 0) is 39.2 Å². The molecular weight excluding hydrogens is 172 g/mol. The van der Waals surface area contributed by atoms with Crippen LogP contribution in [0, 0.1) is 0 Å². The fraction of sp³-hybridized carbons (Fsp3) is 0.833. The lowest BCUT2D eigenvalue weighted by atomic mass is 9.76. The van der Waals surface area contributed by atoms with Crippen LogP contribution in [-0.2, 0) is 0 Å². The number of hydrogen-bond acceptors (Lipinski definition) is 2. The number of likely N-dealkylation sites (N-methyl/N-ethyl adjacent to an activating group) is 1. The summed E-state index contributed by atoms with van der Waals surface area (Å²) in [6, 6.07) is 0. The smallest absolute Gasteiger partial charge is 0.0306 e. The summed E-state index contributed by atoms with van der Waals surface area (Å²) in [5.41, 5.74) is 1.90. The van der Waals surface area contributed by atoms with Gasteiger partial charge in [0.2, 0.25) is 0 Å². The third-order valence-corrected chi connectivity index (χ3v) is 3.93. The van der Waals surface area contributed by atoms with Gasteiger partial charge in [-0.2, -0.15) is 0 Å². The first-order valence-electron chi connectivity index (χ1n) is 5.82. The van der Waals surface area contributed by atoms with E-state index in [9.17, 15) is 0 Å². The number of likely N-dealkylation sites (tertiary alicyclic amines) is 1. The Balaban J connectivity index is 1.82. The molecule has 1 N–H and O–H groups in total. The molecule has 0 aromatic heterocycles. The van der Waals surface area contributed by atoms with E-state index in [2.05, 4.69) is 23.8 Å². The molecule has 80 valence electrons. The Morgan fingerprint density at radius 3 is 2.43 bits per heavy atom. The van der Waals surface area contributed by atoms with E-state index in [1.54, 1.807) is 0 Å². The standard InChI is InChI=1S/C12H22N2/c1-11-4-8-14(9-5-11)10-12(13-2)6-3-7-12/h13H,1,3-10H2,2H3. The fourth-order valence-electron chi connectivity index (χ4n) is 2.55. The van der Waals surface area contributed by atoms with Gasteiger partial charge in [0.05, 0.1) is 0 Å². The minimum Gasteiger partial charge on any atom is -0.313 e. The van der Waals surface area contributed by atoms with Crippen molar-refractivity contribution in [2.24, 2.45) is 0 Å². The second-order valence-electron chi connectivity index (χ2n) is 4.91. The van der Waals surface area contributed by atoms with Gasteiger partial charge in [-0.25, -0.2) is 0 Å². The van der Waals surface area contributed by atoms with Gasteiger partial charge in [0.15, 0.2) is 0 Å². The molecule has 0 atom stereocenters. The molecule has 1 saturated heterocycles. The second-order valence-corrected chi connectivity index (χ2v) is 4.91. The Labute approximate surface area is 87.4 Å². The largest absolute Gasteiger partial charge is 0.313 e. The van der Waals surface area contributed by atoms with E-state index in [0.717, 1.165) is 0 Å². The second kappa shape index (κ2) is 4.03. The van der Waals surface area contributed by atoms with Crippen molar-refractivity contribution in [1.82, 2.24) is 10.2 Å². The lowest BCUT2D eigenvalue weighted by Crippen LogP contribution is -2.57. The molecule has 1 saturated carbocycles. The van der Waals surface area contributed by atoms with Gasteiger partial charge in [0, 0.05) is 25.2 Å². The molecule has 0 amide bonds. The molecule has 1 heterocycles. The summed E-state index contributed by atoms with van der Waals surface area (Å²) in [4.78, 5) is 2.60. The van der Waals surface area contributed by atoms with Crippen LogP contribution in [0.15, 0.2) is 12.2 Å². The van der Waals surface area contributed by atoms with Gasteiger partial charge in [-0.3, -0.25) is 0 Å². The predicted octanol–water partition coefficient (Wildman–Crippen LogP) is 1.78. The zero-order valence-electron chi connectivity index (χ0n) is 9.31. The van der Waals surface area contributed by atoms with Crippen LogP contribution in [-0.4, -0.2) is 37.1 Å².